The first-order valence-electron chi connectivity index (χ1n) is 7.97. The fourth-order valence-corrected chi connectivity index (χ4v) is 2.77. The monoisotopic (exact) mass is 345 g/mol. The zero-order chi connectivity index (χ0) is 17.6. The van der Waals surface area contributed by atoms with Gasteiger partial charge in [0.2, 0.25) is 5.91 Å². The van der Waals surface area contributed by atoms with E-state index in [9.17, 15) is 10.0 Å². The van der Waals surface area contributed by atoms with Crippen molar-refractivity contribution in [3.8, 4) is 0 Å². The van der Waals surface area contributed by atoms with E-state index in [1.54, 1.807) is 0 Å². The molecule has 1 aromatic rings. The lowest BCUT2D eigenvalue weighted by Crippen LogP contribution is -2.44. The first-order valence-corrected chi connectivity index (χ1v) is 8.38. The number of nitrogens with zero attached hydrogens (tertiary/aromatic N) is 1. The summed E-state index contributed by atoms with van der Waals surface area (Å²) in [6, 6.07) is 10.1. The van der Waals surface area contributed by atoms with Gasteiger partial charge in [0.1, 0.15) is 0 Å². The van der Waals surface area contributed by atoms with Gasteiger partial charge < -0.3 is 11.1 Å². The minimum atomic E-state index is -0.554. The quantitative estimate of drug-likeness (QED) is 0.545. The molecule has 6 heteroatoms. The Balaban J connectivity index is 1.98. The van der Waals surface area contributed by atoms with Crippen molar-refractivity contribution in [1.82, 2.24) is 10.4 Å². The summed E-state index contributed by atoms with van der Waals surface area (Å²) in [7, 11) is 0. The molecule has 0 heterocycles. The molecule has 4 N–H and O–H groups in total. The molecule has 1 aromatic carbocycles. The molecule has 0 bridgehead atoms. The van der Waals surface area contributed by atoms with Crippen LogP contribution < -0.4 is 11.1 Å². The average molecular weight is 345 g/mol. The van der Waals surface area contributed by atoms with E-state index in [1.165, 1.54) is 0 Å². The first kappa shape index (κ1) is 18.2. The Bertz CT molecular complexity index is 657. The molecule has 0 radical (unpaired) electrons. The highest BCUT2D eigenvalue weighted by molar-refractivity contribution is 7.80. The number of carbonyl (C=O) groups excluding carboxylic acids is 1. The Kier molecular flexibility index (Phi) is 6.11. The van der Waals surface area contributed by atoms with E-state index in [-0.39, 0.29) is 24.1 Å². The first-order chi connectivity index (χ1) is 11.5. The van der Waals surface area contributed by atoms with E-state index in [1.807, 2.05) is 37.3 Å². The van der Waals surface area contributed by atoms with Crippen molar-refractivity contribution in [2.75, 3.05) is 13.1 Å². The van der Waals surface area contributed by atoms with Crippen molar-refractivity contribution < 1.29 is 10.0 Å². The van der Waals surface area contributed by atoms with Crippen molar-refractivity contribution in [3.63, 3.8) is 0 Å². The molecular formula is C18H23N3O2S. The number of thiocarbonyl (C=S) groups is 1. The lowest BCUT2D eigenvalue weighted by Gasteiger charge is -2.30. The summed E-state index contributed by atoms with van der Waals surface area (Å²) in [6.07, 6.45) is 7.44. The van der Waals surface area contributed by atoms with Crippen LogP contribution in [0.4, 0.5) is 0 Å². The second kappa shape index (κ2) is 8.08. The third-order valence-corrected chi connectivity index (χ3v) is 4.53. The van der Waals surface area contributed by atoms with Gasteiger partial charge in [-0.05, 0) is 36.2 Å². The minimum absolute atomic E-state index is 0.0547. The highest BCUT2D eigenvalue weighted by Crippen LogP contribution is 2.36. The Morgan fingerprint density at radius 1 is 1.42 bits per heavy atom. The molecule has 24 heavy (non-hydrogen) atoms. The second-order valence-corrected chi connectivity index (χ2v) is 6.21. The lowest BCUT2D eigenvalue weighted by atomic mass is 9.76. The van der Waals surface area contributed by atoms with Crippen LogP contribution in [0.25, 0.3) is 5.57 Å². The van der Waals surface area contributed by atoms with Crippen LogP contribution in [0.2, 0.25) is 0 Å². The number of allylic oxidation sites excluding steroid dienone is 3. The number of rotatable bonds is 6. The van der Waals surface area contributed by atoms with Gasteiger partial charge in [-0.15, -0.1) is 0 Å². The average Bonchev–Trinajstić information content (AvgIpc) is 2.62. The number of carbonyl (C=O) groups is 1. The van der Waals surface area contributed by atoms with Gasteiger partial charge in [0.25, 0.3) is 0 Å². The van der Waals surface area contributed by atoms with Crippen LogP contribution in [0.15, 0.2) is 48.6 Å². The molecule has 0 spiro atoms. The van der Waals surface area contributed by atoms with E-state index in [0.29, 0.717) is 12.8 Å². The molecule has 0 aromatic heterocycles. The van der Waals surface area contributed by atoms with Crippen molar-refractivity contribution in [2.45, 2.75) is 19.8 Å². The Morgan fingerprint density at radius 2 is 2.12 bits per heavy atom. The van der Waals surface area contributed by atoms with E-state index in [2.05, 4.69) is 35.7 Å². The summed E-state index contributed by atoms with van der Waals surface area (Å²) in [6.45, 7) is 2.44. The molecule has 1 unspecified atom stereocenters. The normalized spacial score (nSPS) is 19.5. The van der Waals surface area contributed by atoms with Crippen LogP contribution in [-0.2, 0) is 4.79 Å². The van der Waals surface area contributed by atoms with Crippen molar-refractivity contribution in [3.05, 3.63) is 54.1 Å². The van der Waals surface area contributed by atoms with Gasteiger partial charge >= 0.3 is 0 Å². The summed E-state index contributed by atoms with van der Waals surface area (Å²) < 4.78 is 0. The summed E-state index contributed by atoms with van der Waals surface area (Å²) in [5, 5.41) is 12.9. The maximum Gasteiger partial charge on any atom is 0.230 e. The molecule has 128 valence electrons. The molecule has 1 atom stereocenters. The molecule has 5 nitrogen and oxygen atoms in total. The van der Waals surface area contributed by atoms with Crippen molar-refractivity contribution >= 4 is 28.8 Å². The van der Waals surface area contributed by atoms with Gasteiger partial charge in [0.05, 0.1) is 12.0 Å². The zero-order valence-corrected chi connectivity index (χ0v) is 14.6. The lowest BCUT2D eigenvalue weighted by molar-refractivity contribution is -0.129. The van der Waals surface area contributed by atoms with Gasteiger partial charge in [-0.25, -0.2) is 5.06 Å². The van der Waals surface area contributed by atoms with Crippen LogP contribution in [0.1, 0.15) is 25.3 Å². The zero-order valence-electron chi connectivity index (χ0n) is 13.7. The predicted octanol–water partition coefficient (Wildman–Crippen LogP) is 2.48. The molecule has 1 amide bonds. The summed E-state index contributed by atoms with van der Waals surface area (Å²) in [5.41, 5.74) is 7.01. The van der Waals surface area contributed by atoms with E-state index < -0.39 is 5.41 Å². The molecule has 2 rings (SSSR count). The molecule has 0 saturated carbocycles. The summed E-state index contributed by atoms with van der Waals surface area (Å²) in [4.78, 5) is 12.6. The van der Waals surface area contributed by atoms with Gasteiger partial charge in [0, 0.05) is 6.54 Å². The maximum atomic E-state index is 12.6. The highest BCUT2D eigenvalue weighted by Gasteiger charge is 2.34. The molecule has 1 aliphatic carbocycles. The number of hydrogen-bond acceptors (Lipinski definition) is 3. The van der Waals surface area contributed by atoms with Crippen LogP contribution in [0.5, 0.6) is 0 Å². The summed E-state index contributed by atoms with van der Waals surface area (Å²) in [5.74, 6) is -0.0547. The fourth-order valence-electron chi connectivity index (χ4n) is 2.67. The van der Waals surface area contributed by atoms with Crippen molar-refractivity contribution in [1.29, 1.82) is 0 Å². The Hall–Kier alpha value is -2.18. The Labute approximate surface area is 147 Å². The van der Waals surface area contributed by atoms with Gasteiger partial charge in [0.15, 0.2) is 5.11 Å². The summed E-state index contributed by atoms with van der Waals surface area (Å²) >= 11 is 4.65. The van der Waals surface area contributed by atoms with Crippen LogP contribution >= 0.6 is 12.2 Å². The number of hydroxylamine groups is 2. The van der Waals surface area contributed by atoms with Gasteiger partial charge in [-0.2, -0.15) is 0 Å². The van der Waals surface area contributed by atoms with Crippen LogP contribution in [-0.4, -0.2) is 34.4 Å². The largest absolute Gasteiger partial charge is 0.374 e. The second-order valence-electron chi connectivity index (χ2n) is 5.79. The standard InChI is InChI=1S/C18H23N3O2S/c1-2-18(16(22)20-12-13-21(23)17(19)24)10-8-15(9-11-18)14-6-4-3-5-7-14/h3-10,23H,2,11-13H2,1H3,(H2,19,24)(H,20,22). The minimum Gasteiger partial charge on any atom is -0.374 e. The van der Waals surface area contributed by atoms with E-state index in [4.69, 9.17) is 5.73 Å². The van der Waals surface area contributed by atoms with Gasteiger partial charge in [-0.3, -0.25) is 10.0 Å². The number of nitrogens with one attached hydrogen (secondary N) is 1. The smallest absolute Gasteiger partial charge is 0.230 e. The molecule has 1 aliphatic rings. The predicted molar refractivity (Wildman–Crippen MR) is 99.2 cm³/mol. The van der Waals surface area contributed by atoms with Crippen LogP contribution in [0.3, 0.4) is 0 Å². The van der Waals surface area contributed by atoms with Gasteiger partial charge in [-0.1, -0.05) is 55.5 Å². The molecule has 0 fully saturated rings. The van der Waals surface area contributed by atoms with E-state index in [0.717, 1.165) is 16.2 Å². The topological polar surface area (TPSA) is 78.6 Å². The highest BCUT2D eigenvalue weighted by atomic mass is 32.1. The number of hydrogen-bond donors (Lipinski definition) is 3. The molecular weight excluding hydrogens is 322 g/mol. The molecule has 0 aliphatic heterocycles. The Morgan fingerprint density at radius 3 is 2.67 bits per heavy atom. The fraction of sp³-hybridized carbons (Fsp3) is 0.333. The SMILES string of the molecule is CCC1(C(=O)NCCN(O)C(N)=S)C=CC(c2ccccc2)=CC1. The molecule has 0 saturated heterocycles. The number of amides is 1. The number of benzene rings is 1. The van der Waals surface area contributed by atoms with Crippen LogP contribution in [0, 0.1) is 5.41 Å². The third-order valence-electron chi connectivity index (χ3n) is 4.32. The maximum absolute atomic E-state index is 12.6. The number of nitrogens with two attached hydrogens (primary N) is 1. The third kappa shape index (κ3) is 4.21. The van der Waals surface area contributed by atoms with Crippen molar-refractivity contribution in [2.24, 2.45) is 11.1 Å². The van der Waals surface area contributed by atoms with E-state index >= 15 is 0 Å².